The number of hydrogen-bond donors (Lipinski definition) is 2. The van der Waals surface area contributed by atoms with Crippen LogP contribution in [0.1, 0.15) is 12.8 Å². The molecule has 3 N–H and O–H groups in total. The molecule has 62 valence electrons. The van der Waals surface area contributed by atoms with E-state index in [9.17, 15) is 4.79 Å². The van der Waals surface area contributed by atoms with Gasteiger partial charge in [0.2, 0.25) is 5.91 Å². The lowest BCUT2D eigenvalue weighted by Gasteiger charge is -2.20. The van der Waals surface area contributed by atoms with Crippen molar-refractivity contribution in [1.82, 2.24) is 5.32 Å². The molecule has 11 heavy (non-hydrogen) atoms. The Morgan fingerprint density at radius 3 is 3.00 bits per heavy atom. The Bertz CT molecular complexity index is 177. The summed E-state index contributed by atoms with van der Waals surface area (Å²) in [7, 11) is 1.66. The molecule has 1 rings (SSSR count). The van der Waals surface area contributed by atoms with E-state index in [1.54, 1.807) is 7.05 Å². The second-order valence-corrected chi connectivity index (χ2v) is 2.87. The number of nitrogens with one attached hydrogen (secondary N) is 1. The molecule has 2 atom stereocenters. The third-order valence-electron chi connectivity index (χ3n) is 1.98. The molecule has 0 saturated carbocycles. The second-order valence-electron chi connectivity index (χ2n) is 2.87. The minimum Gasteiger partial charge on any atom is -0.359 e. The van der Waals surface area contributed by atoms with Gasteiger partial charge in [0.15, 0.2) is 0 Å². The normalized spacial score (nSPS) is 30.0. The summed E-state index contributed by atoms with van der Waals surface area (Å²) in [6, 6.07) is 0.0612. The van der Waals surface area contributed by atoms with E-state index in [4.69, 9.17) is 5.73 Å². The molecule has 0 spiro atoms. The average molecular weight is 154 g/mol. The number of amides is 1. The van der Waals surface area contributed by atoms with Gasteiger partial charge in [0.1, 0.15) is 0 Å². The van der Waals surface area contributed by atoms with Crippen LogP contribution in [0, 0.1) is 5.92 Å². The topological polar surface area (TPSA) is 55.1 Å². The van der Waals surface area contributed by atoms with Crippen molar-refractivity contribution in [3.05, 3.63) is 12.2 Å². The van der Waals surface area contributed by atoms with Crippen LogP contribution in [-0.4, -0.2) is 19.0 Å². The van der Waals surface area contributed by atoms with Crippen molar-refractivity contribution in [2.24, 2.45) is 11.7 Å². The molecule has 0 aromatic rings. The summed E-state index contributed by atoms with van der Waals surface area (Å²) in [6.45, 7) is 0. The first-order valence-corrected chi connectivity index (χ1v) is 3.88. The fourth-order valence-corrected chi connectivity index (χ4v) is 1.34. The summed E-state index contributed by atoms with van der Waals surface area (Å²) in [4.78, 5) is 11.1. The molecule has 0 aromatic carbocycles. The molecule has 1 amide bonds. The first-order valence-electron chi connectivity index (χ1n) is 3.88. The molecule has 0 aliphatic heterocycles. The highest BCUT2D eigenvalue weighted by molar-refractivity contribution is 5.78. The molecule has 0 bridgehead atoms. The van der Waals surface area contributed by atoms with Crippen molar-refractivity contribution in [3.8, 4) is 0 Å². The quantitative estimate of drug-likeness (QED) is 0.523. The molecule has 0 fully saturated rings. The SMILES string of the molecule is CNC(=O)[C@H]1CC=C[C@H](N)C1. The van der Waals surface area contributed by atoms with E-state index in [0.717, 1.165) is 12.8 Å². The lowest BCUT2D eigenvalue weighted by Crippen LogP contribution is -2.34. The maximum atomic E-state index is 11.1. The van der Waals surface area contributed by atoms with Crippen LogP contribution < -0.4 is 11.1 Å². The van der Waals surface area contributed by atoms with Gasteiger partial charge in [-0.25, -0.2) is 0 Å². The van der Waals surface area contributed by atoms with Crippen LogP contribution in [0.3, 0.4) is 0 Å². The van der Waals surface area contributed by atoms with E-state index in [0.29, 0.717) is 0 Å². The zero-order valence-electron chi connectivity index (χ0n) is 6.71. The summed E-state index contributed by atoms with van der Waals surface area (Å²) in [5, 5.41) is 2.63. The molecular weight excluding hydrogens is 140 g/mol. The van der Waals surface area contributed by atoms with Crippen LogP contribution in [0.2, 0.25) is 0 Å². The van der Waals surface area contributed by atoms with Gasteiger partial charge >= 0.3 is 0 Å². The minimum atomic E-state index is 0.0612. The Morgan fingerprint density at radius 1 is 1.73 bits per heavy atom. The van der Waals surface area contributed by atoms with Crippen LogP contribution >= 0.6 is 0 Å². The summed E-state index contributed by atoms with van der Waals surface area (Å²) < 4.78 is 0. The summed E-state index contributed by atoms with van der Waals surface area (Å²) in [6.07, 6.45) is 5.54. The zero-order chi connectivity index (χ0) is 8.27. The van der Waals surface area contributed by atoms with Crippen LogP contribution in [0.4, 0.5) is 0 Å². The molecule has 0 aromatic heterocycles. The van der Waals surface area contributed by atoms with Gasteiger partial charge in [0.25, 0.3) is 0 Å². The van der Waals surface area contributed by atoms with E-state index in [2.05, 4.69) is 5.32 Å². The molecule has 1 aliphatic carbocycles. The Hall–Kier alpha value is -0.830. The van der Waals surface area contributed by atoms with Crippen molar-refractivity contribution >= 4 is 5.91 Å². The minimum absolute atomic E-state index is 0.0612. The van der Waals surface area contributed by atoms with Gasteiger partial charge in [-0.2, -0.15) is 0 Å². The summed E-state index contributed by atoms with van der Waals surface area (Å²) >= 11 is 0. The molecule has 3 nitrogen and oxygen atoms in total. The predicted octanol–water partition coefficient (Wildman–Crippen LogP) is 0.0259. The molecule has 0 unspecified atom stereocenters. The lowest BCUT2D eigenvalue weighted by atomic mass is 9.91. The molecule has 1 aliphatic rings. The molecule has 0 radical (unpaired) electrons. The van der Waals surface area contributed by atoms with Gasteiger partial charge < -0.3 is 11.1 Å². The van der Waals surface area contributed by atoms with Gasteiger partial charge in [-0.1, -0.05) is 12.2 Å². The van der Waals surface area contributed by atoms with Crippen LogP contribution in [0.5, 0.6) is 0 Å². The Kier molecular flexibility index (Phi) is 2.65. The second kappa shape index (κ2) is 3.53. The van der Waals surface area contributed by atoms with Gasteiger partial charge in [-0.05, 0) is 12.8 Å². The number of rotatable bonds is 1. The third kappa shape index (κ3) is 2.05. The van der Waals surface area contributed by atoms with Gasteiger partial charge in [0.05, 0.1) is 0 Å². The monoisotopic (exact) mass is 154 g/mol. The van der Waals surface area contributed by atoms with Crippen LogP contribution in [0.15, 0.2) is 12.2 Å². The maximum absolute atomic E-state index is 11.1. The fraction of sp³-hybridized carbons (Fsp3) is 0.625. The van der Waals surface area contributed by atoms with E-state index < -0.39 is 0 Å². The Labute approximate surface area is 66.6 Å². The van der Waals surface area contributed by atoms with Crippen molar-refractivity contribution in [2.45, 2.75) is 18.9 Å². The van der Waals surface area contributed by atoms with E-state index in [1.165, 1.54) is 0 Å². The first kappa shape index (κ1) is 8.27. The van der Waals surface area contributed by atoms with Gasteiger partial charge in [-0.3, -0.25) is 4.79 Å². The first-order chi connectivity index (χ1) is 5.24. The largest absolute Gasteiger partial charge is 0.359 e. The number of nitrogens with two attached hydrogens (primary N) is 1. The van der Waals surface area contributed by atoms with E-state index in [-0.39, 0.29) is 17.9 Å². The smallest absolute Gasteiger partial charge is 0.223 e. The number of hydrogen-bond acceptors (Lipinski definition) is 2. The highest BCUT2D eigenvalue weighted by atomic mass is 16.1. The maximum Gasteiger partial charge on any atom is 0.223 e. The molecular formula is C8H14N2O. The standard InChI is InChI=1S/C8H14N2O/c1-10-8(11)6-3-2-4-7(9)5-6/h2,4,6-7H,3,5,9H2,1H3,(H,10,11)/t6-,7-/m0/s1. The van der Waals surface area contributed by atoms with E-state index in [1.807, 2.05) is 12.2 Å². The molecule has 0 heterocycles. The van der Waals surface area contributed by atoms with Gasteiger partial charge in [-0.15, -0.1) is 0 Å². The lowest BCUT2D eigenvalue weighted by molar-refractivity contribution is -0.124. The molecule has 0 saturated heterocycles. The Balaban J connectivity index is 2.49. The zero-order valence-corrected chi connectivity index (χ0v) is 6.71. The number of carbonyl (C=O) groups is 1. The van der Waals surface area contributed by atoms with Crippen molar-refractivity contribution in [3.63, 3.8) is 0 Å². The molecule has 3 heteroatoms. The average Bonchev–Trinajstić information content (AvgIpc) is 2.03. The summed E-state index contributed by atoms with van der Waals surface area (Å²) in [5.74, 6) is 0.185. The highest BCUT2D eigenvalue weighted by Crippen LogP contribution is 2.17. The van der Waals surface area contributed by atoms with Crippen LogP contribution in [-0.2, 0) is 4.79 Å². The van der Waals surface area contributed by atoms with Crippen molar-refractivity contribution in [1.29, 1.82) is 0 Å². The third-order valence-corrected chi connectivity index (χ3v) is 1.98. The van der Waals surface area contributed by atoms with Crippen molar-refractivity contribution < 1.29 is 4.79 Å². The van der Waals surface area contributed by atoms with Gasteiger partial charge in [0, 0.05) is 19.0 Å². The van der Waals surface area contributed by atoms with E-state index >= 15 is 0 Å². The van der Waals surface area contributed by atoms with Crippen LogP contribution in [0.25, 0.3) is 0 Å². The fourth-order valence-electron chi connectivity index (χ4n) is 1.34. The highest BCUT2D eigenvalue weighted by Gasteiger charge is 2.20. The predicted molar refractivity (Wildman–Crippen MR) is 43.9 cm³/mol. The Morgan fingerprint density at radius 2 is 2.45 bits per heavy atom. The number of allylic oxidation sites excluding steroid dienone is 1. The van der Waals surface area contributed by atoms with Crippen molar-refractivity contribution in [2.75, 3.05) is 7.05 Å². The number of carbonyl (C=O) groups excluding carboxylic acids is 1. The summed E-state index contributed by atoms with van der Waals surface area (Å²) in [5.41, 5.74) is 5.65.